The first kappa shape index (κ1) is 25.6. The molecule has 1 aromatic heterocycles. The second-order valence-corrected chi connectivity index (χ2v) is 9.52. The van der Waals surface area contributed by atoms with Crippen LogP contribution in [0.4, 0.5) is 24.5 Å². The number of aryl methyl sites for hydroxylation is 1. The van der Waals surface area contributed by atoms with E-state index in [1.165, 1.54) is 6.07 Å². The Morgan fingerprint density at radius 3 is 2.42 bits per heavy atom. The molecular weight excluding hydrogens is 491 g/mol. The zero-order valence-corrected chi connectivity index (χ0v) is 20.6. The predicted octanol–water partition coefficient (Wildman–Crippen LogP) is 4.44. The maximum Gasteiger partial charge on any atom is 0.419 e. The van der Waals surface area contributed by atoms with E-state index >= 15 is 0 Å². The minimum absolute atomic E-state index is 0.0607. The Hall–Kier alpha value is -3.52. The van der Waals surface area contributed by atoms with Gasteiger partial charge in [0.15, 0.2) is 10.8 Å². The quantitative estimate of drug-likeness (QED) is 0.529. The van der Waals surface area contributed by atoms with Gasteiger partial charge in [0.2, 0.25) is 5.91 Å². The topological polar surface area (TPSA) is 80.5 Å². The number of carbonyl (C=O) groups excluding carboxylic acids is 2. The van der Waals surface area contributed by atoms with Crippen molar-refractivity contribution in [2.45, 2.75) is 50.2 Å². The van der Waals surface area contributed by atoms with Crippen LogP contribution >= 0.6 is 12.2 Å². The third kappa shape index (κ3) is 4.41. The van der Waals surface area contributed by atoms with Crippen molar-refractivity contribution < 1.29 is 22.8 Å². The van der Waals surface area contributed by atoms with E-state index < -0.39 is 28.9 Å². The minimum Gasteiger partial charge on any atom is -0.349 e. The number of nitriles is 1. The standard InChI is InChI=1S/C25H24F3N5O2S/c1-31(2)21(34)6-3-5-16-7-9-17(10-8-16)33-23(36)32(22(35)24(33)11-4-12-24)18-13-19(25(26,27)28)20(14-29)30-15-18/h7-10,13,15H,3-6,11-12H2,1-2H3. The fourth-order valence-corrected chi connectivity index (χ4v) is 5.04. The van der Waals surface area contributed by atoms with E-state index in [0.717, 1.165) is 29.1 Å². The van der Waals surface area contributed by atoms with E-state index in [4.69, 9.17) is 17.5 Å². The van der Waals surface area contributed by atoms with Crippen LogP contribution in [-0.2, 0) is 22.2 Å². The van der Waals surface area contributed by atoms with E-state index in [2.05, 4.69) is 4.98 Å². The molecule has 2 heterocycles. The maximum absolute atomic E-state index is 13.5. The number of anilines is 2. The number of amides is 2. The van der Waals surface area contributed by atoms with Gasteiger partial charge in [0.25, 0.3) is 5.91 Å². The number of thiocarbonyl (C=S) groups is 1. The average Bonchev–Trinajstić information content (AvgIpc) is 3.05. The highest BCUT2D eigenvalue weighted by atomic mass is 32.1. The molecule has 7 nitrogen and oxygen atoms in total. The van der Waals surface area contributed by atoms with Crippen LogP contribution in [0.25, 0.3) is 0 Å². The van der Waals surface area contributed by atoms with Crippen molar-refractivity contribution in [1.29, 1.82) is 5.26 Å². The Morgan fingerprint density at radius 2 is 1.89 bits per heavy atom. The van der Waals surface area contributed by atoms with E-state index in [9.17, 15) is 22.8 Å². The Balaban J connectivity index is 1.61. The summed E-state index contributed by atoms with van der Waals surface area (Å²) in [6.45, 7) is 0. The summed E-state index contributed by atoms with van der Waals surface area (Å²) in [7, 11) is 3.43. The molecule has 11 heteroatoms. The molecule has 1 aromatic carbocycles. The fraction of sp³-hybridized carbons (Fsp3) is 0.400. The van der Waals surface area contributed by atoms with Crippen LogP contribution in [0, 0.1) is 11.3 Å². The Kier molecular flexibility index (Phi) is 6.75. The lowest BCUT2D eigenvalue weighted by Gasteiger charge is -2.43. The van der Waals surface area contributed by atoms with Gasteiger partial charge in [0, 0.05) is 26.2 Å². The van der Waals surface area contributed by atoms with Crippen LogP contribution in [0.3, 0.4) is 0 Å². The molecule has 4 rings (SSSR count). The molecule has 1 spiro atoms. The Morgan fingerprint density at radius 1 is 1.22 bits per heavy atom. The number of nitrogens with zero attached hydrogens (tertiary/aromatic N) is 5. The number of hydrogen-bond donors (Lipinski definition) is 0. The Bertz CT molecular complexity index is 1250. The molecule has 1 aliphatic carbocycles. The van der Waals surface area contributed by atoms with Crippen molar-refractivity contribution >= 4 is 40.5 Å². The van der Waals surface area contributed by atoms with Gasteiger partial charge in [-0.05, 0) is 68.1 Å². The van der Waals surface area contributed by atoms with Gasteiger partial charge in [0.1, 0.15) is 11.6 Å². The SMILES string of the molecule is CN(C)C(=O)CCCc1ccc(N2C(=S)N(c3cnc(C#N)c(C(F)(F)F)c3)C(=O)C23CCC3)cc1. The van der Waals surface area contributed by atoms with Gasteiger partial charge in [-0.1, -0.05) is 12.1 Å². The number of aromatic nitrogens is 1. The van der Waals surface area contributed by atoms with Gasteiger partial charge < -0.3 is 9.80 Å². The summed E-state index contributed by atoms with van der Waals surface area (Å²) in [5, 5.41) is 9.12. The molecule has 0 atom stereocenters. The second kappa shape index (κ2) is 9.50. The summed E-state index contributed by atoms with van der Waals surface area (Å²) in [5.74, 6) is -0.338. The largest absolute Gasteiger partial charge is 0.419 e. The third-order valence-electron chi connectivity index (χ3n) is 6.68. The first-order valence-corrected chi connectivity index (χ1v) is 11.9. The smallest absolute Gasteiger partial charge is 0.349 e. The van der Waals surface area contributed by atoms with Crippen LogP contribution in [0.15, 0.2) is 36.5 Å². The van der Waals surface area contributed by atoms with E-state index in [1.54, 1.807) is 23.9 Å². The lowest BCUT2D eigenvalue weighted by molar-refractivity contribution is -0.138. The lowest BCUT2D eigenvalue weighted by Crippen LogP contribution is -2.55. The van der Waals surface area contributed by atoms with Gasteiger partial charge in [-0.2, -0.15) is 18.4 Å². The Labute approximate surface area is 212 Å². The molecule has 1 saturated carbocycles. The van der Waals surface area contributed by atoms with Gasteiger partial charge in [-0.25, -0.2) is 4.98 Å². The van der Waals surface area contributed by atoms with Gasteiger partial charge in [0.05, 0.1) is 17.4 Å². The van der Waals surface area contributed by atoms with Crippen LogP contribution in [0.2, 0.25) is 0 Å². The highest BCUT2D eigenvalue weighted by molar-refractivity contribution is 7.81. The molecule has 0 N–H and O–H groups in total. The maximum atomic E-state index is 13.5. The molecule has 2 fully saturated rings. The molecule has 36 heavy (non-hydrogen) atoms. The molecule has 0 bridgehead atoms. The van der Waals surface area contributed by atoms with E-state index in [-0.39, 0.29) is 16.7 Å². The van der Waals surface area contributed by atoms with Gasteiger partial charge in [-0.3, -0.25) is 14.5 Å². The third-order valence-corrected chi connectivity index (χ3v) is 7.05. The summed E-state index contributed by atoms with van der Waals surface area (Å²) in [6, 6.07) is 9.69. The van der Waals surface area contributed by atoms with Crippen LogP contribution in [0.5, 0.6) is 0 Å². The van der Waals surface area contributed by atoms with Crippen molar-refractivity contribution in [3.05, 3.63) is 53.3 Å². The van der Waals surface area contributed by atoms with Gasteiger partial charge in [-0.15, -0.1) is 0 Å². The van der Waals surface area contributed by atoms with Crippen LogP contribution in [0.1, 0.15) is 48.9 Å². The van der Waals surface area contributed by atoms with E-state index in [0.29, 0.717) is 37.8 Å². The number of alkyl halides is 3. The molecule has 1 aliphatic heterocycles. The normalized spacial score (nSPS) is 16.8. The summed E-state index contributed by atoms with van der Waals surface area (Å²) in [6.07, 6.45) is -0.0591. The molecule has 188 valence electrons. The van der Waals surface area contributed by atoms with E-state index in [1.807, 2.05) is 24.3 Å². The van der Waals surface area contributed by atoms with Crippen molar-refractivity contribution in [3.63, 3.8) is 0 Å². The van der Waals surface area contributed by atoms with Crippen molar-refractivity contribution in [3.8, 4) is 6.07 Å². The van der Waals surface area contributed by atoms with Gasteiger partial charge >= 0.3 is 6.18 Å². The number of benzene rings is 1. The molecule has 0 unspecified atom stereocenters. The van der Waals surface area contributed by atoms with Crippen molar-refractivity contribution in [2.75, 3.05) is 23.9 Å². The second-order valence-electron chi connectivity index (χ2n) is 9.15. The predicted molar refractivity (Wildman–Crippen MR) is 131 cm³/mol. The van der Waals surface area contributed by atoms with Crippen LogP contribution in [-0.4, -0.2) is 46.4 Å². The molecule has 2 aliphatic rings. The fourth-order valence-electron chi connectivity index (χ4n) is 4.57. The minimum atomic E-state index is -4.81. The highest BCUT2D eigenvalue weighted by Crippen LogP contribution is 2.48. The zero-order chi connectivity index (χ0) is 26.3. The van der Waals surface area contributed by atoms with Crippen molar-refractivity contribution in [2.24, 2.45) is 0 Å². The summed E-state index contributed by atoms with van der Waals surface area (Å²) in [5.41, 5.74) is -1.36. The highest BCUT2D eigenvalue weighted by Gasteiger charge is 2.59. The first-order valence-electron chi connectivity index (χ1n) is 11.4. The molecule has 2 aromatic rings. The number of hydrogen-bond acceptors (Lipinski definition) is 5. The molecule has 0 radical (unpaired) electrons. The lowest BCUT2D eigenvalue weighted by atomic mass is 9.75. The summed E-state index contributed by atoms with van der Waals surface area (Å²) < 4.78 is 40.6. The first-order chi connectivity index (χ1) is 17.0. The number of halogens is 3. The monoisotopic (exact) mass is 515 g/mol. The van der Waals surface area contributed by atoms with Crippen molar-refractivity contribution in [1.82, 2.24) is 9.88 Å². The molecule has 2 amide bonds. The number of pyridine rings is 1. The summed E-state index contributed by atoms with van der Waals surface area (Å²) >= 11 is 5.62. The van der Waals surface area contributed by atoms with Crippen LogP contribution < -0.4 is 9.80 Å². The number of rotatable bonds is 6. The zero-order valence-electron chi connectivity index (χ0n) is 19.8. The molecule has 1 saturated heterocycles. The molecular formula is C25H24F3N5O2S. The average molecular weight is 516 g/mol. The summed E-state index contributed by atoms with van der Waals surface area (Å²) in [4.78, 5) is 33.3. The number of carbonyl (C=O) groups is 2.